The van der Waals surface area contributed by atoms with E-state index in [0.717, 1.165) is 5.56 Å². The molecule has 23 heavy (non-hydrogen) atoms. The van der Waals surface area contributed by atoms with Gasteiger partial charge < -0.3 is 28.5 Å². The zero-order valence-corrected chi connectivity index (χ0v) is 13.6. The molecule has 1 unspecified atom stereocenters. The Bertz CT molecular complexity index is 541. The molecule has 0 saturated carbocycles. The lowest BCUT2D eigenvalue weighted by Gasteiger charge is -2.50. The third-order valence-electron chi connectivity index (χ3n) is 4.19. The molecule has 0 bridgehead atoms. The molecule has 1 aromatic rings. The van der Waals surface area contributed by atoms with Crippen LogP contribution in [0.15, 0.2) is 30.3 Å². The van der Waals surface area contributed by atoms with Crippen molar-refractivity contribution in [2.24, 2.45) is 0 Å². The van der Waals surface area contributed by atoms with E-state index < -0.39 is 35.8 Å². The van der Waals surface area contributed by atoms with E-state index in [2.05, 4.69) is 0 Å². The molecule has 0 radical (unpaired) electrons. The maximum Gasteiger partial charge on any atom is 0.186 e. The standard InChI is InChI=1S/C16H19ClO6/c1-19-13-15(20-2)22-11-8-21-14(10-6-4-3-5-7-10)23-12(11)16(13,17)9-18/h3-7,9,11-15H,8H2,1-2H3/t11-,12-,13+,14?,15+,16+/m1/s1. The summed E-state index contributed by atoms with van der Waals surface area (Å²) < 4.78 is 28.1. The molecule has 0 amide bonds. The Hall–Kier alpha value is -1.02. The number of benzene rings is 1. The number of hydrogen-bond donors (Lipinski definition) is 0. The maximum absolute atomic E-state index is 11.8. The second-order valence-corrected chi connectivity index (χ2v) is 6.17. The summed E-state index contributed by atoms with van der Waals surface area (Å²) in [6, 6.07) is 9.45. The average molecular weight is 343 g/mol. The van der Waals surface area contributed by atoms with E-state index in [9.17, 15) is 4.79 Å². The van der Waals surface area contributed by atoms with E-state index in [1.54, 1.807) is 0 Å². The van der Waals surface area contributed by atoms with Gasteiger partial charge in [-0.1, -0.05) is 30.3 Å². The van der Waals surface area contributed by atoms with Crippen molar-refractivity contribution >= 4 is 17.9 Å². The smallest absolute Gasteiger partial charge is 0.186 e. The SMILES string of the molecule is CO[C@H]1O[C@@H]2COC(c3ccccc3)O[C@H]2[C@@](Cl)(C=O)[C@H]1OC. The summed E-state index contributed by atoms with van der Waals surface area (Å²) in [6.07, 6.45) is -2.77. The minimum Gasteiger partial charge on any atom is -0.374 e. The van der Waals surface area contributed by atoms with Gasteiger partial charge in [-0.05, 0) is 0 Å². The first-order valence-corrected chi connectivity index (χ1v) is 7.70. The van der Waals surface area contributed by atoms with Gasteiger partial charge in [-0.25, -0.2) is 0 Å². The highest BCUT2D eigenvalue weighted by atomic mass is 35.5. The number of hydrogen-bond acceptors (Lipinski definition) is 6. The third kappa shape index (κ3) is 2.91. The predicted octanol–water partition coefficient (Wildman–Crippen LogP) is 1.66. The molecular weight excluding hydrogens is 324 g/mol. The quantitative estimate of drug-likeness (QED) is 0.612. The molecule has 7 heteroatoms. The maximum atomic E-state index is 11.8. The number of alkyl halides is 1. The minimum atomic E-state index is -1.42. The number of ether oxygens (including phenoxy) is 5. The lowest BCUT2D eigenvalue weighted by atomic mass is 9.88. The molecule has 1 aromatic carbocycles. The molecule has 2 aliphatic heterocycles. The minimum absolute atomic E-state index is 0.239. The second-order valence-electron chi connectivity index (χ2n) is 5.51. The molecule has 2 aliphatic rings. The summed E-state index contributed by atoms with van der Waals surface area (Å²) in [6.45, 7) is 0.239. The van der Waals surface area contributed by atoms with Crippen LogP contribution in [0.2, 0.25) is 0 Å². The fourth-order valence-corrected chi connectivity index (χ4v) is 3.42. The normalized spacial score (nSPS) is 40.4. The summed E-state index contributed by atoms with van der Waals surface area (Å²) in [7, 11) is 2.92. The van der Waals surface area contributed by atoms with Crippen LogP contribution in [0.4, 0.5) is 0 Å². The molecule has 2 heterocycles. The fraction of sp³-hybridized carbons (Fsp3) is 0.562. The number of fused-ring (bicyclic) bond motifs is 1. The lowest BCUT2D eigenvalue weighted by molar-refractivity contribution is -0.341. The highest BCUT2D eigenvalue weighted by Gasteiger charge is 2.59. The zero-order valence-electron chi connectivity index (χ0n) is 12.9. The molecule has 2 fully saturated rings. The number of aldehydes is 1. The number of halogens is 1. The number of rotatable bonds is 4. The number of carbonyl (C=O) groups is 1. The van der Waals surface area contributed by atoms with Gasteiger partial charge in [0.15, 0.2) is 17.5 Å². The van der Waals surface area contributed by atoms with Gasteiger partial charge in [-0.3, -0.25) is 0 Å². The van der Waals surface area contributed by atoms with Crippen molar-refractivity contribution in [1.82, 2.24) is 0 Å². The van der Waals surface area contributed by atoms with Gasteiger partial charge in [0.05, 0.1) is 6.61 Å². The van der Waals surface area contributed by atoms with Gasteiger partial charge >= 0.3 is 0 Å². The summed E-state index contributed by atoms with van der Waals surface area (Å²) in [5.74, 6) is 0. The first-order valence-electron chi connectivity index (χ1n) is 7.32. The highest BCUT2D eigenvalue weighted by Crippen LogP contribution is 2.42. The molecular formula is C16H19ClO6. The molecule has 0 aliphatic carbocycles. The Morgan fingerprint density at radius 1 is 1.22 bits per heavy atom. The van der Waals surface area contributed by atoms with Gasteiger partial charge in [0.25, 0.3) is 0 Å². The Kier molecular flexibility index (Phi) is 5.01. The molecule has 6 atom stereocenters. The fourth-order valence-electron chi connectivity index (χ4n) is 3.03. The van der Waals surface area contributed by atoms with Crippen molar-refractivity contribution in [3.63, 3.8) is 0 Å². The van der Waals surface area contributed by atoms with Crippen LogP contribution < -0.4 is 0 Å². The summed E-state index contributed by atoms with van der Waals surface area (Å²) in [5, 5.41) is 0. The van der Waals surface area contributed by atoms with Crippen molar-refractivity contribution in [1.29, 1.82) is 0 Å². The van der Waals surface area contributed by atoms with E-state index in [1.165, 1.54) is 14.2 Å². The van der Waals surface area contributed by atoms with Crippen molar-refractivity contribution < 1.29 is 28.5 Å². The predicted molar refractivity (Wildman–Crippen MR) is 81.1 cm³/mol. The van der Waals surface area contributed by atoms with Crippen molar-refractivity contribution in [3.8, 4) is 0 Å². The van der Waals surface area contributed by atoms with Gasteiger partial charge in [-0.2, -0.15) is 0 Å². The van der Waals surface area contributed by atoms with Crippen LogP contribution in [0, 0.1) is 0 Å². The molecule has 0 aromatic heterocycles. The Labute approximate surface area is 139 Å². The summed E-state index contributed by atoms with van der Waals surface area (Å²) in [5.41, 5.74) is 0.846. The first-order chi connectivity index (χ1) is 11.1. The third-order valence-corrected chi connectivity index (χ3v) is 4.71. The van der Waals surface area contributed by atoms with E-state index in [4.69, 9.17) is 35.3 Å². The lowest BCUT2D eigenvalue weighted by Crippen LogP contribution is -2.68. The van der Waals surface area contributed by atoms with Gasteiger partial charge in [-0.15, -0.1) is 11.6 Å². The average Bonchev–Trinajstić information content (AvgIpc) is 2.61. The largest absolute Gasteiger partial charge is 0.374 e. The van der Waals surface area contributed by atoms with Crippen molar-refractivity contribution in [2.75, 3.05) is 20.8 Å². The van der Waals surface area contributed by atoms with Crippen LogP contribution in [0.3, 0.4) is 0 Å². The summed E-state index contributed by atoms with van der Waals surface area (Å²) >= 11 is 6.59. The second kappa shape index (κ2) is 6.84. The summed E-state index contributed by atoms with van der Waals surface area (Å²) in [4.78, 5) is 10.3. The topological polar surface area (TPSA) is 63.2 Å². The molecule has 6 nitrogen and oxygen atoms in total. The van der Waals surface area contributed by atoms with Crippen LogP contribution in [-0.4, -0.2) is 56.6 Å². The van der Waals surface area contributed by atoms with Crippen molar-refractivity contribution in [2.45, 2.75) is 35.8 Å². The van der Waals surface area contributed by atoms with E-state index in [0.29, 0.717) is 6.29 Å². The first kappa shape index (κ1) is 16.8. The Balaban J connectivity index is 1.88. The molecule has 0 spiro atoms. The Morgan fingerprint density at radius 2 is 1.96 bits per heavy atom. The van der Waals surface area contributed by atoms with E-state index in [1.807, 2.05) is 30.3 Å². The van der Waals surface area contributed by atoms with E-state index >= 15 is 0 Å². The molecule has 126 valence electrons. The highest BCUT2D eigenvalue weighted by molar-refractivity contribution is 6.33. The molecule has 3 rings (SSSR count). The number of carbonyl (C=O) groups excluding carboxylic acids is 1. The molecule has 0 N–H and O–H groups in total. The van der Waals surface area contributed by atoms with Crippen LogP contribution in [0.1, 0.15) is 11.9 Å². The van der Waals surface area contributed by atoms with Crippen LogP contribution >= 0.6 is 11.6 Å². The van der Waals surface area contributed by atoms with Gasteiger partial charge in [0.2, 0.25) is 0 Å². The number of methoxy groups -OCH3 is 2. The Morgan fingerprint density at radius 3 is 2.57 bits per heavy atom. The zero-order chi connectivity index (χ0) is 16.4. The van der Waals surface area contributed by atoms with E-state index in [-0.39, 0.29) is 6.61 Å². The van der Waals surface area contributed by atoms with Crippen molar-refractivity contribution in [3.05, 3.63) is 35.9 Å². The van der Waals surface area contributed by atoms with Crippen LogP contribution in [-0.2, 0) is 28.5 Å². The van der Waals surface area contributed by atoms with Crippen LogP contribution in [0.25, 0.3) is 0 Å². The molecule has 2 saturated heterocycles. The van der Waals surface area contributed by atoms with Gasteiger partial charge in [0, 0.05) is 19.8 Å². The van der Waals surface area contributed by atoms with Gasteiger partial charge in [0.1, 0.15) is 24.6 Å². The van der Waals surface area contributed by atoms with Crippen LogP contribution in [0.5, 0.6) is 0 Å². The monoisotopic (exact) mass is 342 g/mol.